The van der Waals surface area contributed by atoms with E-state index >= 15 is 0 Å². The van der Waals surface area contributed by atoms with Gasteiger partial charge in [-0.1, -0.05) is 53.0 Å². The normalized spacial score (nSPS) is 17.5. The molecule has 4 rings (SSSR count). The van der Waals surface area contributed by atoms with Crippen LogP contribution in [0.4, 0.5) is 4.79 Å². The van der Waals surface area contributed by atoms with Crippen molar-refractivity contribution in [3.8, 4) is 0 Å². The van der Waals surface area contributed by atoms with E-state index in [9.17, 15) is 4.79 Å². The number of hydrogen-bond acceptors (Lipinski definition) is 6. The average molecular weight is 523 g/mol. The van der Waals surface area contributed by atoms with Gasteiger partial charge in [-0.3, -0.25) is 4.98 Å². The molecule has 0 radical (unpaired) electrons. The second kappa shape index (κ2) is 11.5. The van der Waals surface area contributed by atoms with E-state index in [1.54, 1.807) is 0 Å². The van der Waals surface area contributed by atoms with Crippen LogP contribution in [-0.4, -0.2) is 27.7 Å². The van der Waals surface area contributed by atoms with Crippen LogP contribution in [0.2, 0.25) is 5.02 Å². The molecule has 0 amide bonds. The fourth-order valence-corrected chi connectivity index (χ4v) is 5.00. The number of aromatic nitrogens is 1. The Kier molecular flexibility index (Phi) is 8.80. The Labute approximate surface area is 198 Å². The molecule has 0 spiro atoms. The Morgan fingerprint density at radius 3 is 2.87 bits per heavy atom. The van der Waals surface area contributed by atoms with Gasteiger partial charge in [0.25, 0.3) is 0 Å². The SMILES string of the molecule is CC1c2ccc(Cl)cc2C=C(Br)c2cccnc21.[N-]=[N+]=NOC(=O)SN1CCCCC1. The number of fused-ring (bicyclic) bond motifs is 2. The first-order chi connectivity index (χ1) is 15.0. The summed E-state index contributed by atoms with van der Waals surface area (Å²) in [5.41, 5.74) is 12.5. The number of carbonyl (C=O) groups excluding carboxylic acids is 1. The molecule has 1 fully saturated rings. The maximum Gasteiger partial charge on any atom is 0.394 e. The van der Waals surface area contributed by atoms with Gasteiger partial charge in [0.1, 0.15) is 5.28 Å². The fraction of sp³-hybridized carbons (Fsp3) is 0.333. The van der Waals surface area contributed by atoms with Crippen LogP contribution < -0.4 is 0 Å². The first-order valence-corrected chi connectivity index (χ1v) is 11.7. The van der Waals surface area contributed by atoms with Crippen molar-refractivity contribution in [2.75, 3.05) is 13.1 Å². The average Bonchev–Trinajstić information content (AvgIpc) is 2.88. The molecule has 2 heterocycles. The summed E-state index contributed by atoms with van der Waals surface area (Å²) in [6.07, 6.45) is 7.37. The number of benzene rings is 1. The minimum atomic E-state index is -0.570. The van der Waals surface area contributed by atoms with Crippen molar-refractivity contribution in [2.24, 2.45) is 5.28 Å². The monoisotopic (exact) mass is 521 g/mol. The zero-order valence-corrected chi connectivity index (χ0v) is 20.0. The Hall–Kier alpha value is -2.03. The molecule has 2 aliphatic rings. The summed E-state index contributed by atoms with van der Waals surface area (Å²) in [5.74, 6) is 0.264. The van der Waals surface area contributed by atoms with Gasteiger partial charge in [-0.05, 0) is 53.8 Å². The Bertz CT molecular complexity index is 1020. The van der Waals surface area contributed by atoms with Crippen molar-refractivity contribution in [3.63, 3.8) is 0 Å². The molecule has 0 N–H and O–H groups in total. The van der Waals surface area contributed by atoms with Crippen LogP contribution in [0.1, 0.15) is 54.5 Å². The summed E-state index contributed by atoms with van der Waals surface area (Å²) < 4.78 is 2.97. The summed E-state index contributed by atoms with van der Waals surface area (Å²) in [4.78, 5) is 21.9. The van der Waals surface area contributed by atoms with E-state index in [0.29, 0.717) is 0 Å². The van der Waals surface area contributed by atoms with E-state index in [2.05, 4.69) is 61.1 Å². The van der Waals surface area contributed by atoms with Crippen molar-refractivity contribution >= 4 is 55.3 Å². The first kappa shape index (κ1) is 23.6. The fourth-order valence-electron chi connectivity index (χ4n) is 3.52. The van der Waals surface area contributed by atoms with Gasteiger partial charge in [-0.25, -0.2) is 9.10 Å². The van der Waals surface area contributed by atoms with E-state index < -0.39 is 5.30 Å². The number of nitrogens with zero attached hydrogens (tertiary/aromatic N) is 5. The predicted molar refractivity (Wildman–Crippen MR) is 129 cm³/mol. The molecule has 2 aromatic rings. The zero-order chi connectivity index (χ0) is 22.2. The molecule has 0 saturated carbocycles. The number of hydrogen-bond donors (Lipinski definition) is 0. The van der Waals surface area contributed by atoms with Crippen molar-refractivity contribution < 1.29 is 9.63 Å². The van der Waals surface area contributed by atoms with Gasteiger partial charge < -0.3 is 4.84 Å². The van der Waals surface area contributed by atoms with Crippen LogP contribution in [0, 0.1) is 0 Å². The van der Waals surface area contributed by atoms with Gasteiger partial charge in [0.2, 0.25) is 0 Å². The lowest BCUT2D eigenvalue weighted by atomic mass is 9.93. The zero-order valence-electron chi connectivity index (χ0n) is 16.9. The second-order valence-corrected chi connectivity index (χ2v) is 9.34. The number of azide groups is 1. The largest absolute Gasteiger partial charge is 0.394 e. The molecule has 162 valence electrons. The lowest BCUT2D eigenvalue weighted by Gasteiger charge is -2.22. The predicted octanol–water partition coefficient (Wildman–Crippen LogP) is 7.58. The summed E-state index contributed by atoms with van der Waals surface area (Å²) in [7, 11) is 0. The van der Waals surface area contributed by atoms with Crippen molar-refractivity contribution in [3.05, 3.63) is 74.4 Å². The molecule has 10 heteroatoms. The van der Waals surface area contributed by atoms with E-state index in [4.69, 9.17) is 17.1 Å². The highest BCUT2D eigenvalue weighted by molar-refractivity contribution is 9.15. The number of carbonyl (C=O) groups is 1. The van der Waals surface area contributed by atoms with Crippen molar-refractivity contribution in [2.45, 2.75) is 32.1 Å². The molecular weight excluding hydrogens is 502 g/mol. The lowest BCUT2D eigenvalue weighted by Crippen LogP contribution is -2.24. The van der Waals surface area contributed by atoms with Crippen LogP contribution in [0.3, 0.4) is 0 Å². The molecule has 7 nitrogen and oxygen atoms in total. The quantitative estimate of drug-likeness (QED) is 0.133. The Balaban J connectivity index is 0.000000187. The summed E-state index contributed by atoms with van der Waals surface area (Å²) >= 11 is 10.7. The van der Waals surface area contributed by atoms with Gasteiger partial charge in [0, 0.05) is 57.1 Å². The maximum atomic E-state index is 10.9. The molecule has 1 unspecified atom stereocenters. The van der Waals surface area contributed by atoms with Gasteiger partial charge >= 0.3 is 5.30 Å². The highest BCUT2D eigenvalue weighted by Crippen LogP contribution is 2.39. The highest BCUT2D eigenvalue weighted by atomic mass is 79.9. The van der Waals surface area contributed by atoms with E-state index in [0.717, 1.165) is 64.2 Å². The number of pyridine rings is 1. The van der Waals surface area contributed by atoms with E-state index in [1.807, 2.05) is 28.7 Å². The Morgan fingerprint density at radius 1 is 1.35 bits per heavy atom. The Morgan fingerprint density at radius 2 is 2.13 bits per heavy atom. The van der Waals surface area contributed by atoms with Gasteiger partial charge in [0.15, 0.2) is 0 Å². The van der Waals surface area contributed by atoms with Gasteiger partial charge in [-0.2, -0.15) is 0 Å². The van der Waals surface area contributed by atoms with Gasteiger partial charge in [0.05, 0.1) is 5.69 Å². The summed E-state index contributed by atoms with van der Waals surface area (Å²) in [6, 6.07) is 10.1. The van der Waals surface area contributed by atoms with Crippen LogP contribution in [0.15, 0.2) is 41.8 Å². The third-order valence-electron chi connectivity index (χ3n) is 4.97. The third kappa shape index (κ3) is 6.48. The topological polar surface area (TPSA) is 91.2 Å². The van der Waals surface area contributed by atoms with E-state index in [-0.39, 0.29) is 5.92 Å². The van der Waals surface area contributed by atoms with Crippen LogP contribution in [0.5, 0.6) is 0 Å². The molecule has 1 aromatic heterocycles. The van der Waals surface area contributed by atoms with Crippen LogP contribution >= 0.6 is 39.5 Å². The number of halogens is 2. The molecule has 1 aliphatic heterocycles. The number of rotatable bonds is 2. The second-order valence-electron chi connectivity index (χ2n) is 7.02. The van der Waals surface area contributed by atoms with E-state index in [1.165, 1.54) is 12.0 Å². The third-order valence-corrected chi connectivity index (χ3v) is 6.71. The molecule has 31 heavy (non-hydrogen) atoms. The molecule has 1 aliphatic carbocycles. The smallest absolute Gasteiger partial charge is 0.349 e. The molecule has 1 aromatic carbocycles. The minimum absolute atomic E-state index is 0.264. The van der Waals surface area contributed by atoms with Crippen molar-refractivity contribution in [1.82, 2.24) is 9.29 Å². The summed E-state index contributed by atoms with van der Waals surface area (Å²) in [6.45, 7) is 3.95. The minimum Gasteiger partial charge on any atom is -0.349 e. The molecule has 0 bridgehead atoms. The number of piperidine rings is 1. The van der Waals surface area contributed by atoms with Gasteiger partial charge in [-0.15, -0.1) is 0 Å². The van der Waals surface area contributed by atoms with Crippen molar-refractivity contribution in [1.29, 1.82) is 0 Å². The molecular formula is C21H21BrClN5O2S. The summed E-state index contributed by atoms with van der Waals surface area (Å²) in [5, 5.41) is 2.91. The highest BCUT2D eigenvalue weighted by Gasteiger charge is 2.21. The maximum absolute atomic E-state index is 10.9. The van der Waals surface area contributed by atoms with Crippen LogP contribution in [-0.2, 0) is 4.84 Å². The van der Waals surface area contributed by atoms with Crippen LogP contribution in [0.25, 0.3) is 21.0 Å². The molecule has 1 atom stereocenters. The lowest BCUT2D eigenvalue weighted by molar-refractivity contribution is 0.176. The molecule has 1 saturated heterocycles. The first-order valence-electron chi connectivity index (χ1n) is 9.80. The standard InChI is InChI=1S/C15H11BrClN.C6H10N4O2S/c1-9-12-5-4-11(17)7-10(12)8-14(16)13-3-2-6-18-15(9)13;7-8-9-12-6(11)13-10-4-2-1-3-5-10/h2-9H,1H3;1-5H2.